The molecule has 0 bridgehead atoms. The van der Waals surface area contributed by atoms with Gasteiger partial charge in [0.2, 0.25) is 0 Å². The molecule has 0 saturated heterocycles. The van der Waals surface area contributed by atoms with E-state index >= 15 is 0 Å². The van der Waals surface area contributed by atoms with Gasteiger partial charge in [0.1, 0.15) is 5.75 Å². The van der Waals surface area contributed by atoms with Crippen LogP contribution in [0.5, 0.6) is 5.75 Å². The second kappa shape index (κ2) is 10.2. The number of methoxy groups -OCH3 is 1. The zero-order chi connectivity index (χ0) is 15.5. The van der Waals surface area contributed by atoms with Crippen molar-refractivity contribution in [1.82, 2.24) is 10.6 Å². The summed E-state index contributed by atoms with van der Waals surface area (Å²) >= 11 is 0. The summed E-state index contributed by atoms with van der Waals surface area (Å²) in [5, 5.41) is 6.04. The molecule has 0 spiro atoms. The zero-order valence-corrected chi connectivity index (χ0v) is 13.1. The van der Waals surface area contributed by atoms with E-state index in [1.54, 1.807) is 7.11 Å². The molecule has 0 aliphatic rings. The summed E-state index contributed by atoms with van der Waals surface area (Å²) in [5.74, 6) is 0.591. The first kappa shape index (κ1) is 17.5. The Bertz CT molecular complexity index is 402. The average Bonchev–Trinajstić information content (AvgIpc) is 2.52. The summed E-state index contributed by atoms with van der Waals surface area (Å²) in [5.41, 5.74) is 1.22. The van der Waals surface area contributed by atoms with E-state index in [1.807, 2.05) is 31.3 Å². The Labute approximate surface area is 127 Å². The fourth-order valence-corrected chi connectivity index (χ4v) is 2.05. The molecule has 1 rings (SSSR count). The van der Waals surface area contributed by atoms with Crippen molar-refractivity contribution in [3.05, 3.63) is 29.8 Å². The highest BCUT2D eigenvalue weighted by Gasteiger charge is 2.07. The van der Waals surface area contributed by atoms with E-state index in [0.29, 0.717) is 24.9 Å². The van der Waals surface area contributed by atoms with Gasteiger partial charge in [0.25, 0.3) is 5.91 Å². The van der Waals surface area contributed by atoms with Gasteiger partial charge in [-0.2, -0.15) is 0 Å². The normalized spacial score (nSPS) is 12.0. The molecule has 118 valence electrons. The largest absolute Gasteiger partial charge is 0.484 e. The molecule has 1 aromatic rings. The van der Waals surface area contributed by atoms with Crippen molar-refractivity contribution in [2.75, 3.05) is 33.9 Å². The minimum atomic E-state index is -0.114. The third-order valence-corrected chi connectivity index (χ3v) is 3.26. The van der Waals surface area contributed by atoms with Crippen LogP contribution in [0.15, 0.2) is 24.3 Å². The van der Waals surface area contributed by atoms with E-state index in [4.69, 9.17) is 9.47 Å². The van der Waals surface area contributed by atoms with Gasteiger partial charge >= 0.3 is 0 Å². The first-order valence-electron chi connectivity index (χ1n) is 7.37. The molecule has 0 fully saturated rings. The molecule has 5 nitrogen and oxygen atoms in total. The van der Waals surface area contributed by atoms with Crippen molar-refractivity contribution in [2.24, 2.45) is 0 Å². The molecule has 1 amide bonds. The summed E-state index contributed by atoms with van der Waals surface area (Å²) in [4.78, 5) is 11.6. The monoisotopic (exact) mass is 294 g/mol. The van der Waals surface area contributed by atoms with Crippen LogP contribution in [0.2, 0.25) is 0 Å². The van der Waals surface area contributed by atoms with Crippen molar-refractivity contribution in [2.45, 2.75) is 25.8 Å². The number of hydrogen-bond donors (Lipinski definition) is 2. The highest BCUT2D eigenvalue weighted by Crippen LogP contribution is 2.19. The zero-order valence-electron chi connectivity index (χ0n) is 13.1. The molecule has 1 aromatic carbocycles. The molecule has 0 saturated carbocycles. The van der Waals surface area contributed by atoms with Crippen LogP contribution >= 0.6 is 0 Å². The van der Waals surface area contributed by atoms with Crippen molar-refractivity contribution >= 4 is 5.91 Å². The molecule has 0 aliphatic carbocycles. The molecule has 1 atom stereocenters. The number of carbonyl (C=O) groups excluding carboxylic acids is 1. The molecule has 0 radical (unpaired) electrons. The van der Waals surface area contributed by atoms with Crippen LogP contribution in [0.4, 0.5) is 0 Å². The first-order valence-corrected chi connectivity index (χ1v) is 7.37. The van der Waals surface area contributed by atoms with Crippen molar-refractivity contribution < 1.29 is 14.3 Å². The molecule has 1 unspecified atom stereocenters. The van der Waals surface area contributed by atoms with Gasteiger partial charge in [0, 0.05) is 26.3 Å². The first-order chi connectivity index (χ1) is 10.2. The van der Waals surface area contributed by atoms with E-state index in [9.17, 15) is 4.79 Å². The second-order valence-electron chi connectivity index (χ2n) is 4.80. The fraction of sp³-hybridized carbons (Fsp3) is 0.562. The third kappa shape index (κ3) is 6.60. The fourth-order valence-electron chi connectivity index (χ4n) is 2.05. The van der Waals surface area contributed by atoms with Gasteiger partial charge in [-0.1, -0.05) is 19.1 Å². The van der Waals surface area contributed by atoms with Gasteiger partial charge in [-0.15, -0.1) is 0 Å². The van der Waals surface area contributed by atoms with Crippen LogP contribution in [0, 0.1) is 0 Å². The van der Waals surface area contributed by atoms with E-state index in [1.165, 1.54) is 5.56 Å². The average molecular weight is 294 g/mol. The maximum absolute atomic E-state index is 11.6. The van der Waals surface area contributed by atoms with Gasteiger partial charge in [0.05, 0.1) is 0 Å². The molecular formula is C16H26N2O3. The summed E-state index contributed by atoms with van der Waals surface area (Å²) in [6.45, 7) is 3.43. The minimum absolute atomic E-state index is 0.0373. The van der Waals surface area contributed by atoms with Gasteiger partial charge < -0.3 is 20.1 Å². The molecule has 0 heterocycles. The van der Waals surface area contributed by atoms with E-state index < -0.39 is 0 Å². The van der Waals surface area contributed by atoms with Gasteiger partial charge in [-0.25, -0.2) is 0 Å². The third-order valence-electron chi connectivity index (χ3n) is 3.26. The lowest BCUT2D eigenvalue weighted by molar-refractivity contribution is -0.123. The number of ether oxygens (including phenoxy) is 2. The second-order valence-corrected chi connectivity index (χ2v) is 4.80. The van der Waals surface area contributed by atoms with Gasteiger partial charge in [-0.3, -0.25) is 4.79 Å². The number of amides is 1. The van der Waals surface area contributed by atoms with Crippen LogP contribution in [0.1, 0.15) is 31.4 Å². The summed E-state index contributed by atoms with van der Waals surface area (Å²) in [7, 11) is 3.60. The maximum atomic E-state index is 11.6. The van der Waals surface area contributed by atoms with Crippen molar-refractivity contribution in [3.8, 4) is 5.75 Å². The summed E-state index contributed by atoms with van der Waals surface area (Å²) < 4.78 is 10.4. The maximum Gasteiger partial charge on any atom is 0.257 e. The standard InChI is InChI=1S/C16H26N2O3/c1-4-15(17-2)13-6-8-14(9-7-13)21-12-16(19)18-10-5-11-20-3/h6-9,15,17H,4-5,10-12H2,1-3H3,(H,18,19). The number of hydrogen-bond acceptors (Lipinski definition) is 4. The summed E-state index contributed by atoms with van der Waals surface area (Å²) in [6.07, 6.45) is 1.83. The molecule has 2 N–H and O–H groups in total. The SMILES string of the molecule is CCC(NC)c1ccc(OCC(=O)NCCCOC)cc1. The Morgan fingerprint density at radius 3 is 2.57 bits per heavy atom. The highest BCUT2D eigenvalue weighted by atomic mass is 16.5. The van der Waals surface area contributed by atoms with Crippen LogP contribution in [0.25, 0.3) is 0 Å². The van der Waals surface area contributed by atoms with Crippen molar-refractivity contribution in [3.63, 3.8) is 0 Å². The van der Waals surface area contributed by atoms with Gasteiger partial charge in [-0.05, 0) is 37.6 Å². The highest BCUT2D eigenvalue weighted by molar-refractivity contribution is 5.77. The molecule has 0 aromatic heterocycles. The Hall–Kier alpha value is -1.59. The number of benzene rings is 1. The van der Waals surface area contributed by atoms with Crippen LogP contribution < -0.4 is 15.4 Å². The van der Waals surface area contributed by atoms with E-state index in [-0.39, 0.29) is 12.5 Å². The van der Waals surface area contributed by atoms with Gasteiger partial charge in [0.15, 0.2) is 6.61 Å². The lowest BCUT2D eigenvalue weighted by atomic mass is 10.1. The Balaban J connectivity index is 2.33. The van der Waals surface area contributed by atoms with Crippen LogP contribution in [0.3, 0.4) is 0 Å². The molecule has 5 heteroatoms. The molecule has 0 aliphatic heterocycles. The van der Waals surface area contributed by atoms with Crippen LogP contribution in [-0.4, -0.2) is 39.8 Å². The Kier molecular flexibility index (Phi) is 8.47. The lowest BCUT2D eigenvalue weighted by Gasteiger charge is -2.14. The topological polar surface area (TPSA) is 59.6 Å². The summed E-state index contributed by atoms with van der Waals surface area (Å²) in [6, 6.07) is 8.19. The Morgan fingerprint density at radius 2 is 2.00 bits per heavy atom. The number of carbonyl (C=O) groups is 1. The van der Waals surface area contributed by atoms with Crippen molar-refractivity contribution in [1.29, 1.82) is 0 Å². The molecule has 21 heavy (non-hydrogen) atoms. The predicted molar refractivity (Wildman–Crippen MR) is 83.5 cm³/mol. The lowest BCUT2D eigenvalue weighted by Crippen LogP contribution is -2.30. The number of rotatable bonds is 10. The number of nitrogens with one attached hydrogen (secondary N) is 2. The smallest absolute Gasteiger partial charge is 0.257 e. The van der Waals surface area contributed by atoms with E-state index in [0.717, 1.165) is 12.8 Å². The Morgan fingerprint density at radius 1 is 1.29 bits per heavy atom. The minimum Gasteiger partial charge on any atom is -0.484 e. The van der Waals surface area contributed by atoms with E-state index in [2.05, 4.69) is 17.6 Å². The quantitative estimate of drug-likeness (QED) is 0.647. The predicted octanol–water partition coefficient (Wildman–Crippen LogP) is 1.89. The van der Waals surface area contributed by atoms with Crippen LogP contribution in [-0.2, 0) is 9.53 Å². The molecular weight excluding hydrogens is 268 g/mol.